The van der Waals surface area contributed by atoms with Crippen LogP contribution in [0.2, 0.25) is 0 Å². The molecule has 1 atom stereocenters. The number of unbranched alkanes of at least 4 members (excludes halogenated alkanes) is 2. The molecule has 0 aliphatic rings. The fourth-order valence-corrected chi connectivity index (χ4v) is 1.78. The van der Waals surface area contributed by atoms with Gasteiger partial charge in [0.2, 0.25) is 0 Å². The van der Waals surface area contributed by atoms with Crippen molar-refractivity contribution in [1.29, 1.82) is 0 Å². The van der Waals surface area contributed by atoms with Gasteiger partial charge in [-0.05, 0) is 25.8 Å². The molecule has 0 bridgehead atoms. The highest BCUT2D eigenvalue weighted by Crippen LogP contribution is 2.13. The van der Waals surface area contributed by atoms with Crippen LogP contribution in [0.15, 0.2) is 4.79 Å². The van der Waals surface area contributed by atoms with Crippen LogP contribution in [-0.2, 0) is 6.54 Å². The van der Waals surface area contributed by atoms with Gasteiger partial charge in [-0.2, -0.15) is 5.10 Å². The number of aromatic amines is 1. The Labute approximate surface area is 101 Å². The Kier molecular flexibility index (Phi) is 5.93. The monoisotopic (exact) mass is 241 g/mol. The number of nitrogens with zero attached hydrogens (tertiary/aromatic N) is 2. The van der Waals surface area contributed by atoms with E-state index in [1.165, 1.54) is 0 Å². The van der Waals surface area contributed by atoms with E-state index >= 15 is 0 Å². The number of rotatable bonds is 8. The molecule has 0 spiro atoms. The normalized spacial score (nSPS) is 12.9. The fourth-order valence-electron chi connectivity index (χ4n) is 1.78. The molecule has 0 radical (unpaired) electrons. The molecule has 1 rings (SSSR count). The van der Waals surface area contributed by atoms with Crippen molar-refractivity contribution in [3.05, 3.63) is 16.3 Å². The zero-order valence-corrected chi connectivity index (χ0v) is 10.5. The Morgan fingerprint density at radius 1 is 1.41 bits per heavy atom. The summed E-state index contributed by atoms with van der Waals surface area (Å²) in [6, 6.07) is -0.183. The first kappa shape index (κ1) is 13.9. The van der Waals surface area contributed by atoms with Crippen LogP contribution >= 0.6 is 0 Å². The molecule has 1 aromatic rings. The topological polar surface area (TPSA) is 103 Å². The van der Waals surface area contributed by atoms with E-state index in [9.17, 15) is 4.79 Å². The maximum absolute atomic E-state index is 11.5. The third-order valence-corrected chi connectivity index (χ3v) is 2.82. The van der Waals surface area contributed by atoms with Crippen LogP contribution < -0.4 is 17.2 Å². The largest absolute Gasteiger partial charge is 0.343 e. The molecule has 17 heavy (non-hydrogen) atoms. The van der Waals surface area contributed by atoms with Gasteiger partial charge in [-0.3, -0.25) is 4.57 Å². The average molecular weight is 241 g/mol. The van der Waals surface area contributed by atoms with Crippen LogP contribution in [0.5, 0.6) is 0 Å². The van der Waals surface area contributed by atoms with Gasteiger partial charge in [-0.1, -0.05) is 19.8 Å². The van der Waals surface area contributed by atoms with E-state index in [2.05, 4.69) is 17.1 Å². The zero-order chi connectivity index (χ0) is 12.7. The summed E-state index contributed by atoms with van der Waals surface area (Å²) in [6.07, 6.45) is 4.73. The van der Waals surface area contributed by atoms with Crippen molar-refractivity contribution in [2.24, 2.45) is 11.5 Å². The molecular weight excluding hydrogens is 218 g/mol. The Morgan fingerprint density at radius 3 is 2.82 bits per heavy atom. The van der Waals surface area contributed by atoms with Gasteiger partial charge < -0.3 is 11.5 Å². The molecular formula is C11H23N5O. The smallest absolute Gasteiger partial charge is 0.330 e. The van der Waals surface area contributed by atoms with Gasteiger partial charge >= 0.3 is 5.69 Å². The van der Waals surface area contributed by atoms with Crippen molar-refractivity contribution in [2.45, 2.75) is 51.6 Å². The van der Waals surface area contributed by atoms with E-state index in [1.54, 1.807) is 4.57 Å². The molecule has 0 aliphatic heterocycles. The Bertz CT molecular complexity index is 370. The molecule has 0 aromatic carbocycles. The summed E-state index contributed by atoms with van der Waals surface area (Å²) in [6.45, 7) is 3.45. The number of nitrogens with one attached hydrogen (secondary N) is 1. The quantitative estimate of drug-likeness (QED) is 0.577. The van der Waals surface area contributed by atoms with E-state index in [-0.39, 0.29) is 11.7 Å². The Morgan fingerprint density at radius 2 is 2.18 bits per heavy atom. The number of H-pyrrole nitrogens is 1. The first-order chi connectivity index (χ1) is 8.20. The first-order valence-electron chi connectivity index (χ1n) is 6.31. The first-order valence-corrected chi connectivity index (χ1v) is 6.31. The molecule has 6 nitrogen and oxygen atoms in total. The van der Waals surface area contributed by atoms with Crippen LogP contribution in [0.1, 0.15) is 50.9 Å². The van der Waals surface area contributed by atoms with Gasteiger partial charge in [0.05, 0.1) is 6.04 Å². The molecule has 0 saturated heterocycles. The second kappa shape index (κ2) is 7.24. The lowest BCUT2D eigenvalue weighted by Gasteiger charge is -2.11. The summed E-state index contributed by atoms with van der Waals surface area (Å²) in [5.74, 6) is 0.667. The van der Waals surface area contributed by atoms with Gasteiger partial charge in [0.15, 0.2) is 0 Å². The minimum Gasteiger partial charge on any atom is -0.330 e. The number of hydrogen-bond donors (Lipinski definition) is 3. The molecule has 0 saturated carbocycles. The van der Waals surface area contributed by atoms with Gasteiger partial charge in [0.1, 0.15) is 5.82 Å². The summed E-state index contributed by atoms with van der Waals surface area (Å²) in [4.78, 5) is 11.5. The maximum Gasteiger partial charge on any atom is 0.343 e. The van der Waals surface area contributed by atoms with Crippen molar-refractivity contribution in [2.75, 3.05) is 6.54 Å². The maximum atomic E-state index is 11.5. The van der Waals surface area contributed by atoms with Gasteiger partial charge in [0, 0.05) is 6.54 Å². The van der Waals surface area contributed by atoms with Crippen LogP contribution in [0.3, 0.4) is 0 Å². The number of hydrogen-bond acceptors (Lipinski definition) is 4. The highest BCUT2D eigenvalue weighted by molar-refractivity contribution is 4.93. The summed E-state index contributed by atoms with van der Waals surface area (Å²) in [7, 11) is 0. The molecule has 98 valence electrons. The molecule has 1 heterocycles. The zero-order valence-electron chi connectivity index (χ0n) is 10.5. The lowest BCUT2D eigenvalue weighted by atomic mass is 10.1. The van der Waals surface area contributed by atoms with E-state index in [1.807, 2.05) is 0 Å². The van der Waals surface area contributed by atoms with Crippen LogP contribution in [0.25, 0.3) is 0 Å². The number of nitrogens with two attached hydrogens (primary N) is 2. The highest BCUT2D eigenvalue weighted by Gasteiger charge is 2.15. The number of aromatic nitrogens is 3. The summed E-state index contributed by atoms with van der Waals surface area (Å²) >= 11 is 0. The van der Waals surface area contributed by atoms with Crippen LogP contribution in [0, 0.1) is 0 Å². The van der Waals surface area contributed by atoms with E-state index in [4.69, 9.17) is 11.5 Å². The minimum absolute atomic E-state index is 0.164. The summed E-state index contributed by atoms with van der Waals surface area (Å²) in [5, 5.41) is 6.49. The van der Waals surface area contributed by atoms with E-state index in [0.717, 1.165) is 32.1 Å². The van der Waals surface area contributed by atoms with Crippen LogP contribution in [-0.4, -0.2) is 21.3 Å². The van der Waals surface area contributed by atoms with E-state index in [0.29, 0.717) is 18.9 Å². The van der Waals surface area contributed by atoms with Crippen molar-refractivity contribution >= 4 is 0 Å². The standard InChI is InChI=1S/C11H23N5O/c1-2-3-8-16-10(14-15-11(16)17)9(13)6-4-5-7-12/h9H,2-8,12-13H2,1H3,(H,15,17)/t9-/m0/s1. The van der Waals surface area contributed by atoms with Gasteiger partial charge in [-0.15, -0.1) is 0 Å². The lowest BCUT2D eigenvalue weighted by Crippen LogP contribution is -2.23. The Balaban J connectivity index is 2.65. The van der Waals surface area contributed by atoms with Gasteiger partial charge in [0.25, 0.3) is 0 Å². The lowest BCUT2D eigenvalue weighted by molar-refractivity contribution is 0.512. The SMILES string of the molecule is CCCCn1c([C@@H](N)CCCCN)n[nH]c1=O. The third kappa shape index (κ3) is 3.98. The molecule has 0 unspecified atom stereocenters. The molecule has 5 N–H and O–H groups in total. The van der Waals surface area contributed by atoms with Crippen molar-refractivity contribution in [3.8, 4) is 0 Å². The molecule has 0 aliphatic carbocycles. The highest BCUT2D eigenvalue weighted by atomic mass is 16.1. The minimum atomic E-state index is -0.183. The van der Waals surface area contributed by atoms with Crippen molar-refractivity contribution in [1.82, 2.24) is 14.8 Å². The third-order valence-electron chi connectivity index (χ3n) is 2.82. The fraction of sp³-hybridized carbons (Fsp3) is 0.818. The molecule has 0 amide bonds. The predicted octanol–water partition coefficient (Wildman–Crippen LogP) is 0.500. The van der Waals surface area contributed by atoms with Crippen molar-refractivity contribution in [3.63, 3.8) is 0 Å². The van der Waals surface area contributed by atoms with Crippen molar-refractivity contribution < 1.29 is 0 Å². The second-order valence-corrected chi connectivity index (χ2v) is 4.28. The summed E-state index contributed by atoms with van der Waals surface area (Å²) in [5.41, 5.74) is 11.3. The van der Waals surface area contributed by atoms with E-state index < -0.39 is 0 Å². The van der Waals surface area contributed by atoms with Crippen LogP contribution in [0.4, 0.5) is 0 Å². The Hall–Kier alpha value is -1.14. The predicted molar refractivity (Wildman–Crippen MR) is 67.6 cm³/mol. The molecule has 1 aromatic heterocycles. The van der Waals surface area contributed by atoms with Gasteiger partial charge in [-0.25, -0.2) is 9.89 Å². The average Bonchev–Trinajstić information content (AvgIpc) is 2.68. The molecule has 0 fully saturated rings. The molecule has 6 heteroatoms. The summed E-state index contributed by atoms with van der Waals surface area (Å²) < 4.78 is 1.65. The second-order valence-electron chi connectivity index (χ2n) is 4.28.